The molecule has 130 valence electrons. The number of anilines is 1. The molecule has 11 heteroatoms. The molecule has 0 saturated carbocycles. The van der Waals surface area contributed by atoms with Crippen LogP contribution in [0.15, 0.2) is 30.3 Å². The molecule has 1 aromatic heterocycles. The van der Waals surface area contributed by atoms with Crippen LogP contribution in [-0.2, 0) is 0 Å². The summed E-state index contributed by atoms with van der Waals surface area (Å²) in [6.45, 7) is -4.95. The lowest BCUT2D eigenvalue weighted by atomic mass is 10.1. The van der Waals surface area contributed by atoms with E-state index in [1.165, 1.54) is 18.2 Å². The van der Waals surface area contributed by atoms with Gasteiger partial charge in [-0.2, -0.15) is 22.0 Å². The maximum Gasteiger partial charge on any atom is 0.422 e. The Bertz CT molecular complexity index is 724. The molecular weight excluding hydrogens is 341 g/mol. The summed E-state index contributed by atoms with van der Waals surface area (Å²) in [7, 11) is 0. The largest absolute Gasteiger partial charge is 0.691 e. The first-order valence-electron chi connectivity index (χ1n) is 6.31. The Hall–Kier alpha value is -2.85. The van der Waals surface area contributed by atoms with Gasteiger partial charge in [-0.1, -0.05) is 5.10 Å². The SMILES string of the molecule is Nc1ccc(-c2ccc(OC(F)F)c(OCC(F)(F)F)c2)n[n+]1[O-]. The van der Waals surface area contributed by atoms with Crippen molar-refractivity contribution < 1.29 is 36.3 Å². The van der Waals surface area contributed by atoms with Crippen LogP contribution >= 0.6 is 0 Å². The van der Waals surface area contributed by atoms with Crippen LogP contribution in [0.2, 0.25) is 0 Å². The number of halogens is 5. The van der Waals surface area contributed by atoms with E-state index in [0.717, 1.165) is 12.1 Å². The van der Waals surface area contributed by atoms with Crippen molar-refractivity contribution in [3.63, 3.8) is 0 Å². The number of alkyl halides is 5. The van der Waals surface area contributed by atoms with Gasteiger partial charge in [-0.15, -0.1) is 4.85 Å². The van der Waals surface area contributed by atoms with Gasteiger partial charge in [-0.3, -0.25) is 5.73 Å². The Balaban J connectivity index is 2.38. The van der Waals surface area contributed by atoms with Gasteiger partial charge < -0.3 is 14.7 Å². The lowest BCUT2D eigenvalue weighted by Gasteiger charge is -2.15. The molecule has 0 amide bonds. The van der Waals surface area contributed by atoms with Gasteiger partial charge in [0.1, 0.15) is 5.69 Å². The van der Waals surface area contributed by atoms with Crippen molar-refractivity contribution in [2.24, 2.45) is 0 Å². The van der Waals surface area contributed by atoms with Crippen LogP contribution in [0.4, 0.5) is 27.8 Å². The molecule has 0 bridgehead atoms. The Morgan fingerprint density at radius 2 is 1.88 bits per heavy atom. The second kappa shape index (κ2) is 6.72. The van der Waals surface area contributed by atoms with Crippen molar-refractivity contribution in [3.8, 4) is 22.8 Å². The molecule has 0 spiro atoms. The molecular formula is C13H10F5N3O3. The minimum atomic E-state index is -4.67. The first-order valence-corrected chi connectivity index (χ1v) is 6.31. The van der Waals surface area contributed by atoms with Crippen molar-refractivity contribution in [2.45, 2.75) is 12.8 Å². The fourth-order valence-corrected chi connectivity index (χ4v) is 1.70. The van der Waals surface area contributed by atoms with Crippen molar-refractivity contribution in [3.05, 3.63) is 35.5 Å². The van der Waals surface area contributed by atoms with Gasteiger partial charge in [0, 0.05) is 11.6 Å². The number of hydrogen-bond acceptors (Lipinski definition) is 5. The van der Waals surface area contributed by atoms with Crippen LogP contribution in [0.3, 0.4) is 0 Å². The molecule has 0 aliphatic rings. The van der Waals surface area contributed by atoms with Gasteiger partial charge in [0.25, 0.3) is 5.82 Å². The third-order valence-electron chi connectivity index (χ3n) is 2.68. The van der Waals surface area contributed by atoms with Crippen LogP contribution < -0.4 is 20.1 Å². The van der Waals surface area contributed by atoms with E-state index in [-0.39, 0.29) is 21.9 Å². The zero-order valence-electron chi connectivity index (χ0n) is 11.8. The topological polar surface area (TPSA) is 84.3 Å². The zero-order chi connectivity index (χ0) is 17.9. The Kier molecular flexibility index (Phi) is 4.90. The Morgan fingerprint density at radius 1 is 1.17 bits per heavy atom. The molecule has 2 N–H and O–H groups in total. The maximum absolute atomic E-state index is 12.3. The summed E-state index contributed by atoms with van der Waals surface area (Å²) >= 11 is 0. The van der Waals surface area contributed by atoms with Crippen molar-refractivity contribution in [2.75, 3.05) is 12.3 Å². The number of ether oxygens (including phenoxy) is 2. The predicted octanol–water partition coefficient (Wildman–Crippen LogP) is 2.51. The van der Waals surface area contributed by atoms with Crippen LogP contribution in [0.5, 0.6) is 11.5 Å². The summed E-state index contributed by atoms with van der Waals surface area (Å²) in [5.74, 6) is -1.34. The van der Waals surface area contributed by atoms with Crippen LogP contribution in [0.1, 0.15) is 0 Å². The fourth-order valence-electron chi connectivity index (χ4n) is 1.70. The minimum Gasteiger partial charge on any atom is -0.691 e. The monoisotopic (exact) mass is 351 g/mol. The number of nitrogens with zero attached hydrogens (tertiary/aromatic N) is 2. The van der Waals surface area contributed by atoms with Gasteiger partial charge in [0.05, 0.1) is 0 Å². The molecule has 0 aliphatic heterocycles. The highest BCUT2D eigenvalue weighted by atomic mass is 19.4. The highest BCUT2D eigenvalue weighted by Gasteiger charge is 2.29. The molecule has 0 unspecified atom stereocenters. The van der Waals surface area contributed by atoms with Gasteiger partial charge in [-0.05, 0) is 24.3 Å². The average molecular weight is 351 g/mol. The molecule has 2 aromatic rings. The highest BCUT2D eigenvalue weighted by Crippen LogP contribution is 2.34. The van der Waals surface area contributed by atoms with Gasteiger partial charge in [0.2, 0.25) is 0 Å². The van der Waals surface area contributed by atoms with E-state index in [4.69, 9.17) is 5.73 Å². The molecule has 1 heterocycles. The van der Waals surface area contributed by atoms with E-state index in [2.05, 4.69) is 14.6 Å². The first-order chi connectivity index (χ1) is 11.2. The van der Waals surface area contributed by atoms with Crippen LogP contribution in [0, 0.1) is 5.21 Å². The van der Waals surface area contributed by atoms with Crippen LogP contribution in [-0.4, -0.2) is 24.5 Å². The third kappa shape index (κ3) is 4.57. The molecule has 24 heavy (non-hydrogen) atoms. The smallest absolute Gasteiger partial charge is 0.422 e. The number of hydrogen-bond donors (Lipinski definition) is 1. The third-order valence-corrected chi connectivity index (χ3v) is 2.68. The zero-order valence-corrected chi connectivity index (χ0v) is 11.8. The quantitative estimate of drug-likeness (QED) is 0.508. The Labute approximate surface area is 131 Å². The van der Waals surface area contributed by atoms with Crippen molar-refractivity contribution in [1.82, 2.24) is 5.10 Å². The molecule has 0 atom stereocenters. The maximum atomic E-state index is 12.3. The molecule has 6 nitrogen and oxygen atoms in total. The average Bonchev–Trinajstić information content (AvgIpc) is 2.47. The van der Waals surface area contributed by atoms with E-state index < -0.39 is 30.9 Å². The molecule has 0 aliphatic carbocycles. The van der Waals surface area contributed by atoms with E-state index in [1.807, 2.05) is 0 Å². The van der Waals surface area contributed by atoms with Crippen LogP contribution in [0.25, 0.3) is 11.3 Å². The molecule has 0 saturated heterocycles. The predicted molar refractivity (Wildman–Crippen MR) is 71.2 cm³/mol. The normalized spacial score (nSPS) is 11.6. The van der Waals surface area contributed by atoms with E-state index in [0.29, 0.717) is 0 Å². The van der Waals surface area contributed by atoms with Crippen molar-refractivity contribution >= 4 is 5.82 Å². The van der Waals surface area contributed by atoms with E-state index in [1.54, 1.807) is 0 Å². The number of aromatic nitrogens is 2. The minimum absolute atomic E-state index is 0.0552. The first kappa shape index (κ1) is 17.5. The number of nitrogen functional groups attached to an aromatic ring is 1. The summed E-state index contributed by atoms with van der Waals surface area (Å²) < 4.78 is 70.1. The lowest BCUT2D eigenvalue weighted by Crippen LogP contribution is -2.34. The standard InChI is InChI=1S/C13H10F5N3O3/c14-12(15)24-9-3-1-7(5-10(9)23-6-13(16,17)18)8-2-4-11(19)21(22)20-8/h1-5,12H,6,19H2. The lowest BCUT2D eigenvalue weighted by molar-refractivity contribution is -0.653. The van der Waals surface area contributed by atoms with Gasteiger partial charge in [0.15, 0.2) is 18.1 Å². The fraction of sp³-hybridized carbons (Fsp3) is 0.231. The van der Waals surface area contributed by atoms with E-state index in [9.17, 15) is 27.2 Å². The number of benzene rings is 1. The second-order valence-electron chi connectivity index (χ2n) is 4.46. The second-order valence-corrected chi connectivity index (χ2v) is 4.46. The molecule has 0 radical (unpaired) electrons. The Morgan fingerprint density at radius 3 is 2.46 bits per heavy atom. The summed E-state index contributed by atoms with van der Waals surface area (Å²) in [5, 5.41) is 14.9. The number of nitrogens with two attached hydrogens (primary N) is 1. The summed E-state index contributed by atoms with van der Waals surface area (Å²) in [5.41, 5.74) is 5.51. The molecule has 0 fully saturated rings. The number of rotatable bonds is 5. The van der Waals surface area contributed by atoms with Crippen molar-refractivity contribution in [1.29, 1.82) is 0 Å². The highest BCUT2D eigenvalue weighted by molar-refractivity contribution is 5.63. The van der Waals surface area contributed by atoms with E-state index >= 15 is 0 Å². The molecule has 1 aromatic carbocycles. The molecule has 2 rings (SSSR count). The summed E-state index contributed by atoms with van der Waals surface area (Å²) in [6, 6.07) is 5.79. The summed E-state index contributed by atoms with van der Waals surface area (Å²) in [6.07, 6.45) is -4.67. The van der Waals surface area contributed by atoms with Gasteiger partial charge >= 0.3 is 12.8 Å². The van der Waals surface area contributed by atoms with Gasteiger partial charge in [-0.25, -0.2) is 0 Å². The summed E-state index contributed by atoms with van der Waals surface area (Å²) in [4.78, 5) is 0.106.